The molecule has 27 heavy (non-hydrogen) atoms. The average Bonchev–Trinajstić information content (AvgIpc) is 3.31. The van der Waals surface area contributed by atoms with Gasteiger partial charge in [0.25, 0.3) is 5.69 Å². The van der Waals surface area contributed by atoms with E-state index in [1.807, 2.05) is 0 Å². The molecule has 3 aromatic rings. The molecule has 3 N–H and O–H groups in total. The molecule has 1 atom stereocenters. The summed E-state index contributed by atoms with van der Waals surface area (Å²) in [5.74, 6) is 1.68. The van der Waals surface area contributed by atoms with Crippen LogP contribution in [0.3, 0.4) is 0 Å². The number of rotatable bonds is 4. The zero-order chi connectivity index (χ0) is 19.0. The van der Waals surface area contributed by atoms with Crippen molar-refractivity contribution in [2.75, 3.05) is 16.9 Å². The maximum atomic E-state index is 12.1. The maximum absolute atomic E-state index is 12.1. The van der Waals surface area contributed by atoms with Crippen LogP contribution in [0.5, 0.6) is 0 Å². The molecule has 1 amide bonds. The third-order valence-corrected chi connectivity index (χ3v) is 5.21. The summed E-state index contributed by atoms with van der Waals surface area (Å²) >= 11 is 1.67. The van der Waals surface area contributed by atoms with Crippen molar-refractivity contribution in [3.8, 4) is 11.4 Å². The molecule has 1 aliphatic rings. The summed E-state index contributed by atoms with van der Waals surface area (Å²) in [5, 5.41) is 27.2. The molecule has 1 unspecified atom stereocenters. The highest BCUT2D eigenvalue weighted by atomic mass is 32.2. The molecule has 4 rings (SSSR count). The smallest absolute Gasteiger partial charge is 0.271 e. The van der Waals surface area contributed by atoms with E-state index in [2.05, 4.69) is 15.6 Å². The first-order chi connectivity index (χ1) is 13.0. The molecular weight excluding hydrogens is 370 g/mol. The molecule has 2 aromatic carbocycles. The van der Waals surface area contributed by atoms with Gasteiger partial charge >= 0.3 is 0 Å². The van der Waals surface area contributed by atoms with E-state index in [0.29, 0.717) is 16.8 Å². The number of anilines is 1. The lowest BCUT2D eigenvalue weighted by atomic mass is 10.2. The Hall–Kier alpha value is -3.11. The zero-order valence-corrected chi connectivity index (χ0v) is 14.8. The van der Waals surface area contributed by atoms with Gasteiger partial charge in [0.05, 0.1) is 16.5 Å². The standard InChI is InChI=1S/C17H15N5O4S/c23-17(14-8-27-9-18-14)19-11-3-1-10(2-4-11)16-20-13-6-5-12(22(25)26)7-15(13)21(16)24/h1-7,14,18,24H,8-9H2,(H,19,23). The molecule has 1 fully saturated rings. The predicted octanol–water partition coefficient (Wildman–Crippen LogP) is 2.45. The maximum Gasteiger partial charge on any atom is 0.271 e. The minimum Gasteiger partial charge on any atom is -0.426 e. The molecule has 0 spiro atoms. The third kappa shape index (κ3) is 3.32. The Balaban J connectivity index is 1.59. The molecule has 1 aromatic heterocycles. The molecule has 0 saturated carbocycles. The molecular formula is C17H15N5O4S. The van der Waals surface area contributed by atoms with Gasteiger partial charge in [-0.25, -0.2) is 4.98 Å². The first-order valence-corrected chi connectivity index (χ1v) is 9.27. The number of nitro groups is 1. The summed E-state index contributed by atoms with van der Waals surface area (Å²) in [6.45, 7) is 0. The molecule has 9 nitrogen and oxygen atoms in total. The fraction of sp³-hybridized carbons (Fsp3) is 0.176. The van der Waals surface area contributed by atoms with Crippen molar-refractivity contribution in [1.82, 2.24) is 15.0 Å². The second-order valence-electron chi connectivity index (χ2n) is 6.02. The quantitative estimate of drug-likeness (QED) is 0.358. The molecule has 0 bridgehead atoms. The van der Waals surface area contributed by atoms with Gasteiger partial charge in [-0.2, -0.15) is 4.73 Å². The second kappa shape index (κ2) is 6.89. The first kappa shape index (κ1) is 17.3. The van der Waals surface area contributed by atoms with Crippen LogP contribution in [0.25, 0.3) is 22.4 Å². The van der Waals surface area contributed by atoms with Crippen molar-refractivity contribution in [1.29, 1.82) is 0 Å². The van der Waals surface area contributed by atoms with Crippen molar-refractivity contribution in [2.45, 2.75) is 6.04 Å². The van der Waals surface area contributed by atoms with Gasteiger partial charge in [-0.05, 0) is 30.3 Å². The van der Waals surface area contributed by atoms with E-state index in [9.17, 15) is 20.1 Å². The largest absolute Gasteiger partial charge is 0.426 e. The van der Waals surface area contributed by atoms with Crippen molar-refractivity contribution in [3.05, 3.63) is 52.6 Å². The highest BCUT2D eigenvalue weighted by Crippen LogP contribution is 2.27. The summed E-state index contributed by atoms with van der Waals surface area (Å²) in [6, 6.07) is 10.8. The molecule has 138 valence electrons. The van der Waals surface area contributed by atoms with E-state index < -0.39 is 4.92 Å². The van der Waals surface area contributed by atoms with Crippen LogP contribution in [0.2, 0.25) is 0 Å². The first-order valence-electron chi connectivity index (χ1n) is 8.11. The lowest BCUT2D eigenvalue weighted by molar-refractivity contribution is -0.384. The summed E-state index contributed by atoms with van der Waals surface area (Å²) < 4.78 is 0.829. The zero-order valence-electron chi connectivity index (χ0n) is 14.0. The number of imidazole rings is 1. The number of thioether (sulfide) groups is 1. The third-order valence-electron chi connectivity index (χ3n) is 4.27. The van der Waals surface area contributed by atoms with Crippen LogP contribution in [0.1, 0.15) is 0 Å². The number of carbonyl (C=O) groups excluding carboxylic acids is 1. The number of nitro benzene ring substituents is 1. The topological polar surface area (TPSA) is 122 Å². The second-order valence-corrected chi connectivity index (χ2v) is 7.05. The Morgan fingerprint density at radius 1 is 1.33 bits per heavy atom. The number of amides is 1. The molecule has 1 saturated heterocycles. The van der Waals surface area contributed by atoms with E-state index in [-0.39, 0.29) is 29.0 Å². The van der Waals surface area contributed by atoms with E-state index in [1.54, 1.807) is 36.0 Å². The molecule has 10 heteroatoms. The number of non-ortho nitro benzene ring substituents is 1. The Kier molecular flexibility index (Phi) is 4.42. The van der Waals surface area contributed by atoms with Crippen molar-refractivity contribution >= 4 is 40.1 Å². The molecule has 2 heterocycles. The van der Waals surface area contributed by atoms with Crippen LogP contribution < -0.4 is 10.6 Å². The Morgan fingerprint density at radius 3 is 2.78 bits per heavy atom. The SMILES string of the molecule is O=C(Nc1ccc(-c2nc3ccc([N+](=O)[O-])cc3n2O)cc1)C1CSCN1. The van der Waals surface area contributed by atoms with Gasteiger partial charge in [0.1, 0.15) is 5.52 Å². The van der Waals surface area contributed by atoms with Gasteiger partial charge < -0.3 is 10.5 Å². The minimum atomic E-state index is -0.526. The summed E-state index contributed by atoms with van der Waals surface area (Å²) in [6.07, 6.45) is 0. The number of aromatic nitrogens is 2. The summed E-state index contributed by atoms with van der Waals surface area (Å²) in [7, 11) is 0. The van der Waals surface area contributed by atoms with Crippen LogP contribution in [0, 0.1) is 10.1 Å². The van der Waals surface area contributed by atoms with Gasteiger partial charge in [-0.15, -0.1) is 11.8 Å². The van der Waals surface area contributed by atoms with E-state index >= 15 is 0 Å². The van der Waals surface area contributed by atoms with Crippen LogP contribution in [0.15, 0.2) is 42.5 Å². The van der Waals surface area contributed by atoms with E-state index in [1.165, 1.54) is 18.2 Å². The lowest BCUT2D eigenvalue weighted by Crippen LogP contribution is -2.37. The van der Waals surface area contributed by atoms with Crippen LogP contribution >= 0.6 is 11.8 Å². The van der Waals surface area contributed by atoms with Gasteiger partial charge in [-0.3, -0.25) is 20.2 Å². The number of hydrogen-bond donors (Lipinski definition) is 3. The van der Waals surface area contributed by atoms with Crippen LogP contribution in [-0.4, -0.2) is 43.4 Å². The molecule has 1 aliphatic heterocycles. The van der Waals surface area contributed by atoms with Crippen LogP contribution in [0.4, 0.5) is 11.4 Å². The van der Waals surface area contributed by atoms with Crippen molar-refractivity contribution in [3.63, 3.8) is 0 Å². The summed E-state index contributed by atoms with van der Waals surface area (Å²) in [5.41, 5.74) is 1.82. The van der Waals surface area contributed by atoms with Crippen molar-refractivity contribution < 1.29 is 14.9 Å². The number of carbonyl (C=O) groups is 1. The highest BCUT2D eigenvalue weighted by Gasteiger charge is 2.22. The van der Waals surface area contributed by atoms with Gasteiger partial charge in [0, 0.05) is 35.0 Å². The highest BCUT2D eigenvalue weighted by molar-refractivity contribution is 7.99. The van der Waals surface area contributed by atoms with Gasteiger partial charge in [-0.1, -0.05) is 0 Å². The molecule has 0 aliphatic carbocycles. The fourth-order valence-corrected chi connectivity index (χ4v) is 3.79. The predicted molar refractivity (Wildman–Crippen MR) is 102 cm³/mol. The normalized spacial score (nSPS) is 16.5. The number of nitrogens with one attached hydrogen (secondary N) is 2. The van der Waals surface area contributed by atoms with Crippen LogP contribution in [-0.2, 0) is 4.79 Å². The molecule has 0 radical (unpaired) electrons. The Labute approximate surface area is 157 Å². The number of hydrogen-bond acceptors (Lipinski definition) is 7. The number of nitrogens with zero attached hydrogens (tertiary/aromatic N) is 3. The number of fused-ring (bicyclic) bond motifs is 1. The minimum absolute atomic E-state index is 0.0885. The Bertz CT molecular complexity index is 1030. The fourth-order valence-electron chi connectivity index (χ4n) is 2.85. The van der Waals surface area contributed by atoms with Gasteiger partial charge in [0.2, 0.25) is 5.91 Å². The Morgan fingerprint density at radius 2 is 2.11 bits per heavy atom. The van der Waals surface area contributed by atoms with Gasteiger partial charge in [0.15, 0.2) is 5.82 Å². The lowest BCUT2D eigenvalue weighted by Gasteiger charge is -2.10. The summed E-state index contributed by atoms with van der Waals surface area (Å²) in [4.78, 5) is 26.8. The van der Waals surface area contributed by atoms with E-state index in [0.717, 1.165) is 16.4 Å². The van der Waals surface area contributed by atoms with Crippen molar-refractivity contribution in [2.24, 2.45) is 0 Å². The average molecular weight is 385 g/mol. The number of benzene rings is 2. The monoisotopic (exact) mass is 385 g/mol. The van der Waals surface area contributed by atoms with E-state index in [4.69, 9.17) is 0 Å².